The number of aromatic nitrogens is 2. The average Bonchev–Trinajstić information content (AvgIpc) is 2.98. The van der Waals surface area contributed by atoms with Gasteiger partial charge in [0.05, 0.1) is 7.11 Å². The van der Waals surface area contributed by atoms with Crippen molar-refractivity contribution in [2.24, 2.45) is 0 Å². The second kappa shape index (κ2) is 5.65. The molecule has 4 nitrogen and oxygen atoms in total. The highest BCUT2D eigenvalue weighted by Crippen LogP contribution is 2.25. The third-order valence-corrected chi connectivity index (χ3v) is 4.00. The Bertz CT molecular complexity index is 957. The number of ether oxygens (including phenoxy) is 1. The van der Waals surface area contributed by atoms with Gasteiger partial charge < -0.3 is 15.0 Å². The van der Waals surface area contributed by atoms with E-state index < -0.39 is 0 Å². The van der Waals surface area contributed by atoms with Crippen molar-refractivity contribution in [1.29, 1.82) is 0 Å². The van der Waals surface area contributed by atoms with Crippen LogP contribution in [-0.4, -0.2) is 17.1 Å². The summed E-state index contributed by atoms with van der Waals surface area (Å²) in [7, 11) is 1.67. The predicted molar refractivity (Wildman–Crippen MR) is 93.9 cm³/mol. The molecular weight excluding hydrogens is 286 g/mol. The summed E-state index contributed by atoms with van der Waals surface area (Å²) >= 11 is 0. The summed E-state index contributed by atoms with van der Waals surface area (Å²) in [6.07, 6.45) is 0. The van der Waals surface area contributed by atoms with Crippen molar-refractivity contribution in [2.75, 3.05) is 12.4 Å². The molecule has 0 saturated carbocycles. The number of hydrogen-bond donors (Lipinski definition) is 2. The van der Waals surface area contributed by atoms with Gasteiger partial charge in [0.1, 0.15) is 17.2 Å². The number of H-pyrrole nitrogens is 1. The second-order valence-electron chi connectivity index (χ2n) is 5.46. The zero-order valence-corrected chi connectivity index (χ0v) is 12.8. The maximum absolute atomic E-state index is 5.17. The van der Waals surface area contributed by atoms with Gasteiger partial charge in [0.25, 0.3) is 0 Å². The molecule has 2 N–H and O–H groups in total. The van der Waals surface area contributed by atoms with E-state index in [0.29, 0.717) is 0 Å². The number of benzene rings is 2. The SMILES string of the molecule is COc1ccc(CNc2ccc3c(n2)[nH]c2ccccc23)cc1. The predicted octanol–water partition coefficient (Wildman–Crippen LogP) is 4.34. The lowest BCUT2D eigenvalue weighted by atomic mass is 10.2. The Labute approximate surface area is 134 Å². The molecule has 23 heavy (non-hydrogen) atoms. The third-order valence-electron chi connectivity index (χ3n) is 4.00. The van der Waals surface area contributed by atoms with Crippen LogP contribution in [0.5, 0.6) is 5.75 Å². The molecule has 4 aromatic rings. The molecule has 0 fully saturated rings. The Hall–Kier alpha value is -3.01. The smallest absolute Gasteiger partial charge is 0.140 e. The normalized spacial score (nSPS) is 11.0. The van der Waals surface area contributed by atoms with Crippen LogP contribution < -0.4 is 10.1 Å². The van der Waals surface area contributed by atoms with Gasteiger partial charge >= 0.3 is 0 Å². The molecule has 2 heterocycles. The van der Waals surface area contributed by atoms with Crippen LogP contribution in [0.3, 0.4) is 0 Å². The number of pyridine rings is 1. The highest BCUT2D eigenvalue weighted by Gasteiger charge is 2.05. The van der Waals surface area contributed by atoms with Crippen molar-refractivity contribution in [1.82, 2.24) is 9.97 Å². The minimum atomic E-state index is 0.725. The summed E-state index contributed by atoms with van der Waals surface area (Å²) in [5.41, 5.74) is 3.21. The number of fused-ring (bicyclic) bond motifs is 3. The maximum Gasteiger partial charge on any atom is 0.140 e. The number of anilines is 1. The minimum Gasteiger partial charge on any atom is -0.497 e. The quantitative estimate of drug-likeness (QED) is 0.590. The zero-order valence-electron chi connectivity index (χ0n) is 12.8. The number of aromatic amines is 1. The Balaban J connectivity index is 1.57. The molecule has 0 bridgehead atoms. The van der Waals surface area contributed by atoms with Gasteiger partial charge in [-0.25, -0.2) is 4.98 Å². The maximum atomic E-state index is 5.17. The van der Waals surface area contributed by atoms with Crippen molar-refractivity contribution in [3.05, 3.63) is 66.2 Å². The first-order chi connectivity index (χ1) is 11.3. The molecule has 4 rings (SSSR count). The van der Waals surface area contributed by atoms with Crippen molar-refractivity contribution in [3.8, 4) is 5.75 Å². The fraction of sp³-hybridized carbons (Fsp3) is 0.105. The molecule has 0 spiro atoms. The monoisotopic (exact) mass is 303 g/mol. The lowest BCUT2D eigenvalue weighted by Crippen LogP contribution is -2.01. The van der Waals surface area contributed by atoms with Gasteiger partial charge in [0, 0.05) is 22.8 Å². The number of methoxy groups -OCH3 is 1. The van der Waals surface area contributed by atoms with Crippen LogP contribution in [-0.2, 0) is 6.54 Å². The topological polar surface area (TPSA) is 49.9 Å². The van der Waals surface area contributed by atoms with Crippen LogP contribution in [0.25, 0.3) is 21.9 Å². The molecule has 0 aliphatic carbocycles. The van der Waals surface area contributed by atoms with E-state index in [1.165, 1.54) is 10.9 Å². The Morgan fingerprint density at radius 2 is 1.78 bits per heavy atom. The first-order valence-corrected chi connectivity index (χ1v) is 7.58. The molecule has 2 aromatic carbocycles. The molecule has 0 radical (unpaired) electrons. The standard InChI is InChI=1S/C19H17N3O/c1-23-14-8-6-13(7-9-14)12-20-18-11-10-16-15-4-2-3-5-17(15)21-19(16)22-18/h2-11H,12H2,1H3,(H2,20,21,22). The molecule has 0 unspecified atom stereocenters. The van der Waals surface area contributed by atoms with Gasteiger partial charge in [-0.3, -0.25) is 0 Å². The van der Waals surface area contributed by atoms with Crippen LogP contribution in [0, 0.1) is 0 Å². The number of nitrogens with zero attached hydrogens (tertiary/aromatic N) is 1. The number of para-hydroxylation sites is 1. The average molecular weight is 303 g/mol. The molecule has 0 amide bonds. The van der Waals surface area contributed by atoms with Gasteiger partial charge in [-0.2, -0.15) is 0 Å². The molecule has 4 heteroatoms. The summed E-state index contributed by atoms with van der Waals surface area (Å²) < 4.78 is 5.17. The zero-order chi connectivity index (χ0) is 15.6. The largest absolute Gasteiger partial charge is 0.497 e. The van der Waals surface area contributed by atoms with Crippen molar-refractivity contribution < 1.29 is 4.74 Å². The summed E-state index contributed by atoms with van der Waals surface area (Å²) in [4.78, 5) is 8.03. The van der Waals surface area contributed by atoms with E-state index in [1.807, 2.05) is 42.5 Å². The van der Waals surface area contributed by atoms with E-state index in [0.717, 1.165) is 34.7 Å². The fourth-order valence-corrected chi connectivity index (χ4v) is 2.76. The van der Waals surface area contributed by atoms with Crippen LogP contribution >= 0.6 is 0 Å². The lowest BCUT2D eigenvalue weighted by Gasteiger charge is -2.06. The Morgan fingerprint density at radius 3 is 2.61 bits per heavy atom. The third kappa shape index (κ3) is 2.59. The van der Waals surface area contributed by atoms with Crippen molar-refractivity contribution >= 4 is 27.8 Å². The van der Waals surface area contributed by atoms with Gasteiger partial charge in [0.15, 0.2) is 0 Å². The first-order valence-electron chi connectivity index (χ1n) is 7.58. The molecule has 2 aromatic heterocycles. The Morgan fingerprint density at radius 1 is 0.957 bits per heavy atom. The van der Waals surface area contributed by atoms with Crippen LogP contribution in [0.15, 0.2) is 60.7 Å². The molecule has 0 aliphatic rings. The fourth-order valence-electron chi connectivity index (χ4n) is 2.76. The van der Waals surface area contributed by atoms with Gasteiger partial charge in [-0.1, -0.05) is 30.3 Å². The van der Waals surface area contributed by atoms with Gasteiger partial charge in [0.2, 0.25) is 0 Å². The molecule has 0 atom stereocenters. The molecule has 0 saturated heterocycles. The summed E-state index contributed by atoms with van der Waals surface area (Å²) in [6, 6.07) is 20.4. The highest BCUT2D eigenvalue weighted by molar-refractivity contribution is 6.06. The summed E-state index contributed by atoms with van der Waals surface area (Å²) in [6.45, 7) is 0.725. The van der Waals surface area contributed by atoms with Gasteiger partial charge in [-0.05, 0) is 35.9 Å². The second-order valence-corrected chi connectivity index (χ2v) is 5.46. The molecule has 114 valence electrons. The molecular formula is C19H17N3O. The highest BCUT2D eigenvalue weighted by atomic mass is 16.5. The minimum absolute atomic E-state index is 0.725. The van der Waals surface area contributed by atoms with Crippen LogP contribution in [0.2, 0.25) is 0 Å². The lowest BCUT2D eigenvalue weighted by molar-refractivity contribution is 0.414. The Kier molecular flexibility index (Phi) is 3.35. The summed E-state index contributed by atoms with van der Waals surface area (Å²) in [5, 5.41) is 5.72. The number of hydrogen-bond acceptors (Lipinski definition) is 3. The van der Waals surface area contributed by atoms with E-state index in [1.54, 1.807) is 7.11 Å². The van der Waals surface area contributed by atoms with Crippen LogP contribution in [0.4, 0.5) is 5.82 Å². The number of rotatable bonds is 4. The summed E-state index contributed by atoms with van der Waals surface area (Å²) in [5.74, 6) is 1.73. The molecule has 0 aliphatic heterocycles. The van der Waals surface area contributed by atoms with E-state index >= 15 is 0 Å². The number of nitrogens with one attached hydrogen (secondary N) is 2. The first kappa shape index (κ1) is 13.6. The van der Waals surface area contributed by atoms with Gasteiger partial charge in [-0.15, -0.1) is 0 Å². The van der Waals surface area contributed by atoms with Crippen LogP contribution in [0.1, 0.15) is 5.56 Å². The van der Waals surface area contributed by atoms with Crippen molar-refractivity contribution in [2.45, 2.75) is 6.54 Å². The van der Waals surface area contributed by atoms with E-state index in [2.05, 4.69) is 33.5 Å². The van der Waals surface area contributed by atoms with Crippen molar-refractivity contribution in [3.63, 3.8) is 0 Å². The van der Waals surface area contributed by atoms with E-state index in [4.69, 9.17) is 4.74 Å². The van der Waals surface area contributed by atoms with E-state index in [9.17, 15) is 0 Å². The van der Waals surface area contributed by atoms with E-state index in [-0.39, 0.29) is 0 Å².